The minimum atomic E-state index is -0.0548. The van der Waals surface area contributed by atoms with Crippen molar-refractivity contribution < 1.29 is 9.53 Å². The van der Waals surface area contributed by atoms with Crippen LogP contribution in [0.25, 0.3) is 0 Å². The van der Waals surface area contributed by atoms with E-state index in [2.05, 4.69) is 17.4 Å². The third kappa shape index (κ3) is 4.71. The van der Waals surface area contributed by atoms with Crippen molar-refractivity contribution in [3.63, 3.8) is 0 Å². The number of nitrogens with one attached hydrogen (secondary N) is 1. The number of rotatable bonds is 6. The van der Waals surface area contributed by atoms with Gasteiger partial charge in [-0.1, -0.05) is 29.8 Å². The summed E-state index contributed by atoms with van der Waals surface area (Å²) in [7, 11) is 0. The zero-order valence-electron chi connectivity index (χ0n) is 13.7. The van der Waals surface area contributed by atoms with Crippen molar-refractivity contribution in [1.82, 2.24) is 5.32 Å². The standard InChI is InChI=1S/C19H21NO2S2/c1-14-2-8-17(9-3-14)22-11-10-20-18(21)15-4-6-16(7-5-15)19-23-12-13-24-19/h2-9,19H,10-13H2,1H3,(H,20,21). The Hall–Kier alpha value is -1.59. The fourth-order valence-corrected chi connectivity index (χ4v) is 5.27. The summed E-state index contributed by atoms with van der Waals surface area (Å²) in [5.74, 6) is 3.18. The minimum Gasteiger partial charge on any atom is -0.492 e. The molecule has 5 heteroatoms. The first-order valence-electron chi connectivity index (χ1n) is 8.03. The second-order valence-electron chi connectivity index (χ2n) is 5.61. The number of thioether (sulfide) groups is 2. The van der Waals surface area contributed by atoms with E-state index in [1.807, 2.05) is 66.8 Å². The number of benzene rings is 2. The highest BCUT2D eigenvalue weighted by Gasteiger charge is 2.18. The molecule has 0 saturated carbocycles. The summed E-state index contributed by atoms with van der Waals surface area (Å²) in [4.78, 5) is 12.2. The van der Waals surface area contributed by atoms with Crippen molar-refractivity contribution in [3.05, 3.63) is 65.2 Å². The number of carbonyl (C=O) groups excluding carboxylic acids is 1. The van der Waals surface area contributed by atoms with E-state index >= 15 is 0 Å². The maximum Gasteiger partial charge on any atom is 0.251 e. The lowest BCUT2D eigenvalue weighted by atomic mass is 10.1. The van der Waals surface area contributed by atoms with Gasteiger partial charge in [-0.05, 0) is 36.8 Å². The van der Waals surface area contributed by atoms with E-state index in [9.17, 15) is 4.79 Å². The van der Waals surface area contributed by atoms with Gasteiger partial charge in [-0.25, -0.2) is 0 Å². The van der Waals surface area contributed by atoms with Crippen LogP contribution in [0.3, 0.4) is 0 Å². The molecule has 0 spiro atoms. The SMILES string of the molecule is Cc1ccc(OCCNC(=O)c2ccc(C3SCCS3)cc2)cc1. The van der Waals surface area contributed by atoms with Crippen molar-refractivity contribution in [1.29, 1.82) is 0 Å². The first-order valence-corrected chi connectivity index (χ1v) is 10.1. The molecule has 2 aromatic rings. The normalized spacial score (nSPS) is 14.5. The molecule has 3 nitrogen and oxygen atoms in total. The van der Waals surface area contributed by atoms with Crippen LogP contribution in [0.1, 0.15) is 26.1 Å². The van der Waals surface area contributed by atoms with Gasteiger partial charge in [-0.15, -0.1) is 23.5 Å². The summed E-state index contributed by atoms with van der Waals surface area (Å²) in [5, 5.41) is 2.90. The Balaban J connectivity index is 1.43. The van der Waals surface area contributed by atoms with E-state index in [1.165, 1.54) is 22.6 Å². The van der Waals surface area contributed by atoms with E-state index in [0.29, 0.717) is 23.3 Å². The van der Waals surface area contributed by atoms with Crippen LogP contribution in [0, 0.1) is 6.92 Å². The quantitative estimate of drug-likeness (QED) is 0.781. The molecule has 1 heterocycles. The van der Waals surface area contributed by atoms with Gasteiger partial charge in [0.15, 0.2) is 0 Å². The van der Waals surface area contributed by atoms with Crippen LogP contribution < -0.4 is 10.1 Å². The fraction of sp³-hybridized carbons (Fsp3) is 0.316. The van der Waals surface area contributed by atoms with Gasteiger partial charge in [0.1, 0.15) is 12.4 Å². The Morgan fingerprint density at radius 1 is 1.08 bits per heavy atom. The lowest BCUT2D eigenvalue weighted by Gasteiger charge is -2.10. The summed E-state index contributed by atoms with van der Waals surface area (Å²) in [6, 6.07) is 15.8. The third-order valence-electron chi connectivity index (χ3n) is 3.74. The molecule has 0 unspecified atom stereocenters. The summed E-state index contributed by atoms with van der Waals surface area (Å²) in [6.07, 6.45) is 0. The number of ether oxygens (including phenoxy) is 1. The number of aryl methyl sites for hydroxylation is 1. The average molecular weight is 360 g/mol. The molecule has 1 N–H and O–H groups in total. The Morgan fingerprint density at radius 3 is 2.42 bits per heavy atom. The van der Waals surface area contributed by atoms with E-state index < -0.39 is 0 Å². The molecule has 1 saturated heterocycles. The van der Waals surface area contributed by atoms with Gasteiger partial charge in [0.05, 0.1) is 11.1 Å². The molecule has 3 rings (SSSR count). The van der Waals surface area contributed by atoms with Crippen LogP contribution in [0.15, 0.2) is 48.5 Å². The van der Waals surface area contributed by atoms with Crippen LogP contribution in [-0.4, -0.2) is 30.6 Å². The number of amides is 1. The second-order valence-corrected chi connectivity index (χ2v) is 8.34. The first kappa shape index (κ1) is 17.2. The van der Waals surface area contributed by atoms with Crippen molar-refractivity contribution in [2.24, 2.45) is 0 Å². The Kier molecular flexibility index (Phi) is 6.10. The highest BCUT2D eigenvalue weighted by Crippen LogP contribution is 2.45. The first-order chi connectivity index (χ1) is 11.7. The smallest absolute Gasteiger partial charge is 0.251 e. The molecule has 1 amide bonds. The minimum absolute atomic E-state index is 0.0548. The third-order valence-corrected chi connectivity index (χ3v) is 6.85. The zero-order valence-corrected chi connectivity index (χ0v) is 15.3. The predicted octanol–water partition coefficient (Wildman–Crippen LogP) is 4.28. The van der Waals surface area contributed by atoms with Crippen LogP contribution in [0.2, 0.25) is 0 Å². The van der Waals surface area contributed by atoms with E-state index in [4.69, 9.17) is 4.74 Å². The summed E-state index contributed by atoms with van der Waals surface area (Å²) < 4.78 is 6.13. The maximum atomic E-state index is 12.2. The van der Waals surface area contributed by atoms with Gasteiger partial charge < -0.3 is 10.1 Å². The highest BCUT2D eigenvalue weighted by molar-refractivity contribution is 8.19. The van der Waals surface area contributed by atoms with E-state index in [0.717, 1.165) is 5.75 Å². The van der Waals surface area contributed by atoms with Gasteiger partial charge in [0.25, 0.3) is 5.91 Å². The number of carbonyl (C=O) groups is 1. The number of hydrogen-bond donors (Lipinski definition) is 1. The fourth-order valence-electron chi connectivity index (χ4n) is 2.41. The second kappa shape index (κ2) is 8.49. The molecule has 1 fully saturated rings. The highest BCUT2D eigenvalue weighted by atomic mass is 32.2. The number of hydrogen-bond acceptors (Lipinski definition) is 4. The van der Waals surface area contributed by atoms with Crippen LogP contribution in [-0.2, 0) is 0 Å². The molecule has 2 aromatic carbocycles. The monoisotopic (exact) mass is 359 g/mol. The van der Waals surface area contributed by atoms with Gasteiger partial charge >= 0.3 is 0 Å². The van der Waals surface area contributed by atoms with Crippen molar-refractivity contribution >= 4 is 29.4 Å². The van der Waals surface area contributed by atoms with Gasteiger partial charge in [0.2, 0.25) is 0 Å². The molecule has 1 aliphatic rings. The van der Waals surface area contributed by atoms with Crippen LogP contribution in [0.4, 0.5) is 0 Å². The van der Waals surface area contributed by atoms with Crippen LogP contribution in [0.5, 0.6) is 5.75 Å². The van der Waals surface area contributed by atoms with E-state index in [-0.39, 0.29) is 5.91 Å². The zero-order chi connectivity index (χ0) is 16.8. The largest absolute Gasteiger partial charge is 0.492 e. The molecular formula is C19H21NO2S2. The molecule has 126 valence electrons. The molecule has 0 bridgehead atoms. The lowest BCUT2D eigenvalue weighted by molar-refractivity contribution is 0.0947. The molecule has 0 atom stereocenters. The summed E-state index contributed by atoms with van der Waals surface area (Å²) in [5.41, 5.74) is 3.19. The molecule has 0 aromatic heterocycles. The average Bonchev–Trinajstić information content (AvgIpc) is 3.15. The Bertz CT molecular complexity index is 665. The van der Waals surface area contributed by atoms with Crippen molar-refractivity contribution in [2.75, 3.05) is 24.7 Å². The predicted molar refractivity (Wildman–Crippen MR) is 103 cm³/mol. The van der Waals surface area contributed by atoms with E-state index in [1.54, 1.807) is 0 Å². The summed E-state index contributed by atoms with van der Waals surface area (Å²) >= 11 is 3.94. The van der Waals surface area contributed by atoms with Gasteiger partial charge in [-0.2, -0.15) is 0 Å². The molecule has 0 radical (unpaired) electrons. The van der Waals surface area contributed by atoms with Crippen molar-refractivity contribution in [2.45, 2.75) is 11.5 Å². The molecule has 0 aliphatic carbocycles. The van der Waals surface area contributed by atoms with Crippen LogP contribution >= 0.6 is 23.5 Å². The maximum absolute atomic E-state index is 12.2. The summed E-state index contributed by atoms with van der Waals surface area (Å²) in [6.45, 7) is 2.99. The lowest BCUT2D eigenvalue weighted by Crippen LogP contribution is -2.28. The Labute approximate surface area is 151 Å². The molecular weight excluding hydrogens is 338 g/mol. The van der Waals surface area contributed by atoms with Crippen molar-refractivity contribution in [3.8, 4) is 5.75 Å². The Morgan fingerprint density at radius 2 is 1.75 bits per heavy atom. The van der Waals surface area contributed by atoms with Gasteiger partial charge in [0, 0.05) is 17.1 Å². The molecule has 1 aliphatic heterocycles. The topological polar surface area (TPSA) is 38.3 Å². The molecule has 24 heavy (non-hydrogen) atoms. The van der Waals surface area contributed by atoms with Gasteiger partial charge in [-0.3, -0.25) is 4.79 Å².